The van der Waals surface area contributed by atoms with Gasteiger partial charge in [-0.15, -0.1) is 0 Å². The molecular formula is C17H20ClNO4. The standard InChI is InChI=1S/C17H20ClNO4/c18-14-9-13-11(8-15(14)23-7-6-16(20)21)10-19(17(13)22)12-4-2-1-3-5-12/h8-9,12H,1-7,10H2,(H,20,21). The molecule has 0 spiro atoms. The molecule has 0 saturated heterocycles. The van der Waals surface area contributed by atoms with Crippen LogP contribution in [0.15, 0.2) is 12.1 Å². The average Bonchev–Trinajstić information content (AvgIpc) is 2.85. The Kier molecular flexibility index (Phi) is 4.76. The first-order chi connectivity index (χ1) is 11.1. The molecule has 3 rings (SSSR count). The first-order valence-electron chi connectivity index (χ1n) is 8.04. The maximum absolute atomic E-state index is 12.6. The number of carboxylic acid groups (broad SMARTS) is 1. The van der Waals surface area contributed by atoms with Crippen molar-refractivity contribution in [3.63, 3.8) is 0 Å². The summed E-state index contributed by atoms with van der Waals surface area (Å²) in [6.07, 6.45) is 5.65. The molecule has 1 aliphatic carbocycles. The number of hydrogen-bond acceptors (Lipinski definition) is 3. The van der Waals surface area contributed by atoms with Crippen LogP contribution in [0.3, 0.4) is 0 Å². The van der Waals surface area contributed by atoms with E-state index in [9.17, 15) is 9.59 Å². The van der Waals surface area contributed by atoms with Gasteiger partial charge in [0.05, 0.1) is 18.1 Å². The number of aliphatic carboxylic acids is 1. The van der Waals surface area contributed by atoms with E-state index in [4.69, 9.17) is 21.4 Å². The van der Waals surface area contributed by atoms with Crippen LogP contribution in [0.25, 0.3) is 0 Å². The van der Waals surface area contributed by atoms with Crippen molar-refractivity contribution in [1.29, 1.82) is 0 Å². The van der Waals surface area contributed by atoms with Gasteiger partial charge in [0, 0.05) is 18.2 Å². The van der Waals surface area contributed by atoms with Crippen LogP contribution >= 0.6 is 11.6 Å². The summed E-state index contributed by atoms with van der Waals surface area (Å²) in [6, 6.07) is 3.75. The molecule has 1 saturated carbocycles. The fourth-order valence-electron chi connectivity index (χ4n) is 3.38. The highest BCUT2D eigenvalue weighted by molar-refractivity contribution is 6.32. The highest BCUT2D eigenvalue weighted by Gasteiger charge is 2.34. The number of amides is 1. The molecular weight excluding hydrogens is 318 g/mol. The Morgan fingerprint density at radius 1 is 1.30 bits per heavy atom. The van der Waals surface area contributed by atoms with E-state index in [1.807, 2.05) is 4.90 Å². The lowest BCUT2D eigenvalue weighted by molar-refractivity contribution is -0.137. The van der Waals surface area contributed by atoms with Crippen molar-refractivity contribution in [3.8, 4) is 5.75 Å². The fourth-order valence-corrected chi connectivity index (χ4v) is 3.60. The van der Waals surface area contributed by atoms with Gasteiger partial charge in [-0.3, -0.25) is 9.59 Å². The van der Waals surface area contributed by atoms with Crippen LogP contribution < -0.4 is 4.74 Å². The zero-order valence-electron chi connectivity index (χ0n) is 12.9. The lowest BCUT2D eigenvalue weighted by Crippen LogP contribution is -2.36. The Morgan fingerprint density at radius 2 is 2.04 bits per heavy atom. The molecule has 0 unspecified atom stereocenters. The summed E-state index contributed by atoms with van der Waals surface area (Å²) in [4.78, 5) is 25.1. The lowest BCUT2D eigenvalue weighted by Gasteiger charge is -2.30. The topological polar surface area (TPSA) is 66.8 Å². The zero-order chi connectivity index (χ0) is 16.4. The summed E-state index contributed by atoms with van der Waals surface area (Å²) >= 11 is 6.18. The smallest absolute Gasteiger partial charge is 0.306 e. The quantitative estimate of drug-likeness (QED) is 0.893. The van der Waals surface area contributed by atoms with Crippen LogP contribution in [0.2, 0.25) is 5.02 Å². The molecule has 0 aromatic heterocycles. The van der Waals surface area contributed by atoms with Crippen LogP contribution in [0.1, 0.15) is 54.4 Å². The number of carbonyl (C=O) groups is 2. The Morgan fingerprint density at radius 3 is 2.74 bits per heavy atom. The van der Waals surface area contributed by atoms with Gasteiger partial charge in [0.15, 0.2) is 0 Å². The van der Waals surface area contributed by atoms with Crippen LogP contribution in [0.4, 0.5) is 0 Å². The Hall–Kier alpha value is -1.75. The third-order valence-corrected chi connectivity index (χ3v) is 4.87. The van der Waals surface area contributed by atoms with E-state index in [1.165, 1.54) is 19.3 Å². The molecule has 5 nitrogen and oxygen atoms in total. The van der Waals surface area contributed by atoms with Crippen molar-refractivity contribution in [2.45, 2.75) is 51.1 Å². The van der Waals surface area contributed by atoms with E-state index >= 15 is 0 Å². The molecule has 23 heavy (non-hydrogen) atoms. The summed E-state index contributed by atoms with van der Waals surface area (Å²) in [5.74, 6) is -0.420. The molecule has 1 aromatic carbocycles. The van der Waals surface area contributed by atoms with Crippen molar-refractivity contribution in [2.75, 3.05) is 6.61 Å². The first kappa shape index (κ1) is 16.1. The highest BCUT2D eigenvalue weighted by atomic mass is 35.5. The number of benzene rings is 1. The van der Waals surface area contributed by atoms with Gasteiger partial charge >= 0.3 is 5.97 Å². The van der Waals surface area contributed by atoms with Gasteiger partial charge in [-0.25, -0.2) is 0 Å². The Bertz CT molecular complexity index is 625. The second-order valence-corrected chi connectivity index (χ2v) is 6.56. The molecule has 1 fully saturated rings. The number of fused-ring (bicyclic) bond motifs is 1. The minimum atomic E-state index is -0.916. The second kappa shape index (κ2) is 6.79. The lowest BCUT2D eigenvalue weighted by atomic mass is 9.94. The molecule has 0 radical (unpaired) electrons. The Labute approximate surface area is 140 Å². The van der Waals surface area contributed by atoms with E-state index in [-0.39, 0.29) is 18.9 Å². The number of nitrogens with zero attached hydrogens (tertiary/aromatic N) is 1. The fraction of sp³-hybridized carbons (Fsp3) is 0.529. The number of hydrogen-bond donors (Lipinski definition) is 1. The number of rotatable bonds is 5. The molecule has 1 aliphatic heterocycles. The molecule has 1 N–H and O–H groups in total. The second-order valence-electron chi connectivity index (χ2n) is 6.16. The number of carbonyl (C=O) groups excluding carboxylic acids is 1. The first-order valence-corrected chi connectivity index (χ1v) is 8.42. The predicted molar refractivity (Wildman–Crippen MR) is 85.9 cm³/mol. The third-order valence-electron chi connectivity index (χ3n) is 4.58. The predicted octanol–water partition coefficient (Wildman–Crippen LogP) is 3.48. The summed E-state index contributed by atoms with van der Waals surface area (Å²) in [6.45, 7) is 0.652. The molecule has 1 aromatic rings. The summed E-state index contributed by atoms with van der Waals surface area (Å²) < 4.78 is 5.45. The largest absolute Gasteiger partial charge is 0.491 e. The number of halogens is 1. The highest BCUT2D eigenvalue weighted by Crippen LogP contribution is 2.36. The minimum Gasteiger partial charge on any atom is -0.491 e. The van der Waals surface area contributed by atoms with Crippen molar-refractivity contribution in [1.82, 2.24) is 4.90 Å². The van der Waals surface area contributed by atoms with E-state index < -0.39 is 5.97 Å². The Balaban J connectivity index is 1.74. The van der Waals surface area contributed by atoms with Crippen molar-refractivity contribution in [2.24, 2.45) is 0 Å². The van der Waals surface area contributed by atoms with Gasteiger partial charge in [-0.05, 0) is 30.5 Å². The van der Waals surface area contributed by atoms with Crippen LogP contribution in [-0.4, -0.2) is 34.5 Å². The van der Waals surface area contributed by atoms with Gasteiger partial charge in [0.1, 0.15) is 5.75 Å². The van der Waals surface area contributed by atoms with Crippen LogP contribution in [0, 0.1) is 0 Å². The van der Waals surface area contributed by atoms with Crippen molar-refractivity contribution >= 4 is 23.5 Å². The third kappa shape index (κ3) is 3.44. The van der Waals surface area contributed by atoms with E-state index in [1.54, 1.807) is 12.1 Å². The zero-order valence-corrected chi connectivity index (χ0v) is 13.6. The van der Waals surface area contributed by atoms with E-state index in [0.717, 1.165) is 18.4 Å². The molecule has 124 valence electrons. The number of carboxylic acids is 1. The molecule has 0 bridgehead atoms. The van der Waals surface area contributed by atoms with Gasteiger partial charge < -0.3 is 14.7 Å². The molecule has 2 aliphatic rings. The van der Waals surface area contributed by atoms with E-state index in [0.29, 0.717) is 28.9 Å². The average molecular weight is 338 g/mol. The van der Waals surface area contributed by atoms with Crippen molar-refractivity contribution < 1.29 is 19.4 Å². The van der Waals surface area contributed by atoms with Gasteiger partial charge in [-0.2, -0.15) is 0 Å². The molecule has 6 heteroatoms. The summed E-state index contributed by atoms with van der Waals surface area (Å²) in [5.41, 5.74) is 1.56. The van der Waals surface area contributed by atoms with Gasteiger partial charge in [0.2, 0.25) is 0 Å². The SMILES string of the molecule is O=C(O)CCOc1cc2c(cc1Cl)C(=O)N(C1CCCCC1)C2. The monoisotopic (exact) mass is 337 g/mol. The van der Waals surface area contributed by atoms with Crippen LogP contribution in [0.5, 0.6) is 5.75 Å². The maximum atomic E-state index is 12.6. The molecule has 0 atom stereocenters. The normalized spacial score (nSPS) is 18.1. The minimum absolute atomic E-state index is 0.0471. The summed E-state index contributed by atoms with van der Waals surface area (Å²) in [7, 11) is 0. The van der Waals surface area contributed by atoms with Gasteiger partial charge in [-0.1, -0.05) is 30.9 Å². The molecule has 1 heterocycles. The van der Waals surface area contributed by atoms with Gasteiger partial charge in [0.25, 0.3) is 5.91 Å². The molecule has 1 amide bonds. The van der Waals surface area contributed by atoms with Crippen molar-refractivity contribution in [3.05, 3.63) is 28.3 Å². The number of ether oxygens (including phenoxy) is 1. The summed E-state index contributed by atoms with van der Waals surface area (Å²) in [5, 5.41) is 9.02. The van der Waals surface area contributed by atoms with Crippen LogP contribution in [-0.2, 0) is 11.3 Å². The maximum Gasteiger partial charge on any atom is 0.306 e. The van der Waals surface area contributed by atoms with E-state index in [2.05, 4.69) is 0 Å².